The largest absolute Gasteiger partial charge is 0.351 e. The zero-order valence-electron chi connectivity index (χ0n) is 13.0. The quantitative estimate of drug-likeness (QED) is 0.940. The maximum Gasteiger partial charge on any atom is 0.314 e. The lowest BCUT2D eigenvalue weighted by atomic mass is 9.96. The van der Waals surface area contributed by atoms with Crippen molar-refractivity contribution in [2.24, 2.45) is 5.73 Å². The van der Waals surface area contributed by atoms with Crippen LogP contribution >= 0.6 is 12.4 Å². The molecule has 122 valence electrons. The second-order valence-electron chi connectivity index (χ2n) is 5.59. The molecule has 2 N–H and O–H groups in total. The molecule has 2 aromatic rings. The molecule has 1 aliphatic rings. The molecule has 4 nitrogen and oxygen atoms in total. The van der Waals surface area contributed by atoms with Gasteiger partial charge in [-0.15, -0.1) is 12.4 Å². The molecule has 1 aliphatic heterocycles. The Hall–Kier alpha value is -2.04. The molecule has 1 heterocycles. The highest BCUT2D eigenvalue weighted by Gasteiger charge is 2.27. The smallest absolute Gasteiger partial charge is 0.314 e. The van der Waals surface area contributed by atoms with Crippen LogP contribution in [0.1, 0.15) is 17.2 Å². The molecule has 0 atom stereocenters. The fourth-order valence-corrected chi connectivity index (χ4v) is 3.09. The zero-order valence-corrected chi connectivity index (χ0v) is 13.8. The molecule has 2 aromatic carbocycles. The predicted octanol–water partition coefficient (Wildman–Crippen LogP) is 2.89. The first kappa shape index (κ1) is 17.3. The highest BCUT2D eigenvalue weighted by Crippen LogP contribution is 2.29. The van der Waals surface area contributed by atoms with Crippen molar-refractivity contribution >= 4 is 18.4 Å². The number of benzene rings is 2. The highest BCUT2D eigenvalue weighted by atomic mass is 35.5. The van der Waals surface area contributed by atoms with Crippen LogP contribution < -0.4 is 5.73 Å². The van der Waals surface area contributed by atoms with Crippen LogP contribution in [0.2, 0.25) is 0 Å². The first-order valence-corrected chi connectivity index (χ1v) is 7.64. The summed E-state index contributed by atoms with van der Waals surface area (Å²) in [6, 6.07) is 20.9. The van der Waals surface area contributed by atoms with Gasteiger partial charge in [-0.1, -0.05) is 60.7 Å². The van der Waals surface area contributed by atoms with Gasteiger partial charge in [-0.25, -0.2) is 4.79 Å². The molecule has 0 bridgehead atoms. The SMILES string of the molecule is Cl.NC(=O)N1CCN(C(c2ccccc2)c2ccccc2)CC1. The molecule has 5 heteroatoms. The molecule has 0 unspecified atom stereocenters. The van der Waals surface area contributed by atoms with E-state index in [0.29, 0.717) is 13.1 Å². The zero-order chi connectivity index (χ0) is 15.4. The van der Waals surface area contributed by atoms with Crippen molar-refractivity contribution in [2.75, 3.05) is 26.2 Å². The fraction of sp³-hybridized carbons (Fsp3) is 0.278. The maximum atomic E-state index is 11.3. The van der Waals surface area contributed by atoms with Crippen molar-refractivity contribution < 1.29 is 4.79 Å². The van der Waals surface area contributed by atoms with Gasteiger partial charge in [0.1, 0.15) is 0 Å². The second kappa shape index (κ2) is 7.99. The molecule has 0 saturated carbocycles. The second-order valence-corrected chi connectivity index (χ2v) is 5.59. The number of carbonyl (C=O) groups excluding carboxylic acids is 1. The van der Waals surface area contributed by atoms with Crippen molar-refractivity contribution in [3.8, 4) is 0 Å². The molecule has 1 fully saturated rings. The van der Waals surface area contributed by atoms with Crippen LogP contribution in [0.3, 0.4) is 0 Å². The summed E-state index contributed by atoms with van der Waals surface area (Å²) in [5.74, 6) is 0. The Kier molecular flexibility index (Phi) is 6.02. The summed E-state index contributed by atoms with van der Waals surface area (Å²) >= 11 is 0. The molecule has 0 spiro atoms. The monoisotopic (exact) mass is 331 g/mol. The minimum absolute atomic E-state index is 0. The highest BCUT2D eigenvalue weighted by molar-refractivity contribution is 5.85. The van der Waals surface area contributed by atoms with Gasteiger partial charge in [0.25, 0.3) is 0 Å². The molecule has 23 heavy (non-hydrogen) atoms. The van der Waals surface area contributed by atoms with Crippen LogP contribution in [0.5, 0.6) is 0 Å². The molecule has 0 aliphatic carbocycles. The fourth-order valence-electron chi connectivity index (χ4n) is 3.09. The standard InChI is InChI=1S/C18H21N3O.ClH/c19-18(22)21-13-11-20(12-14-21)17(15-7-3-1-4-8-15)16-9-5-2-6-10-16;/h1-10,17H,11-14H2,(H2,19,22);1H. The topological polar surface area (TPSA) is 49.6 Å². The van der Waals surface area contributed by atoms with Crippen LogP contribution in [0.25, 0.3) is 0 Å². The van der Waals surface area contributed by atoms with Gasteiger partial charge < -0.3 is 10.6 Å². The van der Waals surface area contributed by atoms with Gasteiger partial charge in [0, 0.05) is 26.2 Å². The predicted molar refractivity (Wildman–Crippen MR) is 94.7 cm³/mol. The van der Waals surface area contributed by atoms with Gasteiger partial charge in [-0.3, -0.25) is 4.90 Å². The van der Waals surface area contributed by atoms with Crippen LogP contribution in [0, 0.1) is 0 Å². The van der Waals surface area contributed by atoms with Crippen molar-refractivity contribution in [1.82, 2.24) is 9.80 Å². The number of hydrogen-bond acceptors (Lipinski definition) is 2. The lowest BCUT2D eigenvalue weighted by Gasteiger charge is -2.39. The summed E-state index contributed by atoms with van der Waals surface area (Å²) in [5, 5.41) is 0. The third kappa shape index (κ3) is 4.03. The van der Waals surface area contributed by atoms with Gasteiger partial charge in [-0.05, 0) is 11.1 Å². The lowest BCUT2D eigenvalue weighted by Crippen LogP contribution is -2.51. The summed E-state index contributed by atoms with van der Waals surface area (Å²) in [7, 11) is 0. The minimum atomic E-state index is -0.323. The Balaban J connectivity index is 0.00000192. The molecule has 0 radical (unpaired) electrons. The summed E-state index contributed by atoms with van der Waals surface area (Å²) in [6.07, 6.45) is 0. The Bertz CT molecular complexity index is 573. The third-order valence-corrected chi connectivity index (χ3v) is 4.22. The van der Waals surface area contributed by atoms with Crippen molar-refractivity contribution in [1.29, 1.82) is 0 Å². The molecular weight excluding hydrogens is 310 g/mol. The summed E-state index contributed by atoms with van der Waals surface area (Å²) in [4.78, 5) is 15.4. The number of piperazine rings is 1. The van der Waals surface area contributed by atoms with E-state index in [1.165, 1.54) is 11.1 Å². The number of primary amides is 1. The van der Waals surface area contributed by atoms with Gasteiger partial charge in [0.2, 0.25) is 0 Å². The van der Waals surface area contributed by atoms with E-state index in [1.54, 1.807) is 4.90 Å². The Morgan fingerprint density at radius 1 is 0.826 bits per heavy atom. The maximum absolute atomic E-state index is 11.3. The van der Waals surface area contributed by atoms with Crippen LogP contribution in [-0.4, -0.2) is 42.0 Å². The number of nitrogens with zero attached hydrogens (tertiary/aromatic N) is 2. The number of rotatable bonds is 3. The molecule has 0 aromatic heterocycles. The number of halogens is 1. The average Bonchev–Trinajstić information content (AvgIpc) is 2.57. The van der Waals surface area contributed by atoms with E-state index < -0.39 is 0 Å². The normalized spacial score (nSPS) is 15.3. The third-order valence-electron chi connectivity index (χ3n) is 4.22. The molecule has 3 rings (SSSR count). The number of urea groups is 1. The molecule has 1 saturated heterocycles. The van der Waals surface area contributed by atoms with Gasteiger partial charge >= 0.3 is 6.03 Å². The number of carbonyl (C=O) groups is 1. The van der Waals surface area contributed by atoms with Crippen LogP contribution in [-0.2, 0) is 0 Å². The van der Waals surface area contributed by atoms with E-state index in [1.807, 2.05) is 12.1 Å². The summed E-state index contributed by atoms with van der Waals surface area (Å²) < 4.78 is 0. The number of amides is 2. The molecule has 2 amide bonds. The van der Waals surface area contributed by atoms with Gasteiger partial charge in [-0.2, -0.15) is 0 Å². The van der Waals surface area contributed by atoms with Crippen molar-refractivity contribution in [3.63, 3.8) is 0 Å². The first-order valence-electron chi connectivity index (χ1n) is 7.64. The Morgan fingerprint density at radius 2 is 1.26 bits per heavy atom. The van der Waals surface area contributed by atoms with E-state index in [2.05, 4.69) is 53.4 Å². The Labute approximate surface area is 143 Å². The molecular formula is C18H22ClN3O. The average molecular weight is 332 g/mol. The van der Waals surface area contributed by atoms with E-state index in [9.17, 15) is 4.79 Å². The van der Waals surface area contributed by atoms with Crippen LogP contribution in [0.4, 0.5) is 4.79 Å². The van der Waals surface area contributed by atoms with E-state index in [0.717, 1.165) is 13.1 Å². The van der Waals surface area contributed by atoms with E-state index >= 15 is 0 Å². The lowest BCUT2D eigenvalue weighted by molar-refractivity contribution is 0.124. The van der Waals surface area contributed by atoms with Crippen LogP contribution in [0.15, 0.2) is 60.7 Å². The summed E-state index contributed by atoms with van der Waals surface area (Å²) in [5.41, 5.74) is 7.94. The van der Waals surface area contributed by atoms with Crippen molar-refractivity contribution in [2.45, 2.75) is 6.04 Å². The van der Waals surface area contributed by atoms with Gasteiger partial charge in [0.05, 0.1) is 6.04 Å². The summed E-state index contributed by atoms with van der Waals surface area (Å²) in [6.45, 7) is 3.03. The van der Waals surface area contributed by atoms with E-state index in [-0.39, 0.29) is 24.5 Å². The van der Waals surface area contributed by atoms with Gasteiger partial charge in [0.15, 0.2) is 0 Å². The first-order chi connectivity index (χ1) is 10.8. The number of nitrogens with two attached hydrogens (primary N) is 1. The number of hydrogen-bond donors (Lipinski definition) is 1. The Morgan fingerprint density at radius 3 is 1.65 bits per heavy atom. The van der Waals surface area contributed by atoms with E-state index in [4.69, 9.17) is 5.73 Å². The minimum Gasteiger partial charge on any atom is -0.351 e. The van der Waals surface area contributed by atoms with Crippen molar-refractivity contribution in [3.05, 3.63) is 71.8 Å².